The van der Waals surface area contributed by atoms with E-state index in [9.17, 15) is 0 Å². The fraction of sp³-hybridized carbons (Fsp3) is 0.333. The third-order valence-electron chi connectivity index (χ3n) is 4.11. The molecule has 0 amide bonds. The first-order valence-electron chi connectivity index (χ1n) is 7.38. The average molecular weight is 302 g/mol. The Hall–Kier alpha value is -1.51. The van der Waals surface area contributed by atoms with Gasteiger partial charge in [0, 0.05) is 11.1 Å². The van der Waals surface area contributed by atoms with Gasteiger partial charge in [0.1, 0.15) is 5.75 Å². The van der Waals surface area contributed by atoms with Crippen LogP contribution in [-0.4, -0.2) is 19.7 Å². The fourth-order valence-corrected chi connectivity index (χ4v) is 3.14. The summed E-state index contributed by atoms with van der Waals surface area (Å²) < 4.78 is 5.17. The van der Waals surface area contributed by atoms with Crippen LogP contribution in [0.3, 0.4) is 0 Å². The van der Waals surface area contributed by atoms with Crippen LogP contribution in [0.2, 0.25) is 5.02 Å². The Labute approximate surface area is 131 Å². The van der Waals surface area contributed by atoms with Crippen LogP contribution >= 0.6 is 11.6 Å². The highest BCUT2D eigenvalue weighted by molar-refractivity contribution is 6.30. The van der Waals surface area contributed by atoms with Crippen LogP contribution in [0.15, 0.2) is 42.5 Å². The lowest BCUT2D eigenvalue weighted by atomic mass is 10.1. The molecule has 0 bridgehead atoms. The van der Waals surface area contributed by atoms with Gasteiger partial charge in [-0.05, 0) is 66.8 Å². The number of nitrogens with one attached hydrogen (secondary N) is 1. The number of methoxy groups -OCH3 is 1. The standard InChI is InChI=1S/C18H20ClNO/c1-21-18-6-2-13(3-7-18)8-9-20-17-11-14-4-5-16(19)10-15(14)12-17/h2-7,10,17,20H,8-9,11-12H2,1H3. The molecule has 0 saturated heterocycles. The lowest BCUT2D eigenvalue weighted by Crippen LogP contribution is -2.31. The second kappa shape index (κ2) is 6.50. The average Bonchev–Trinajstić information content (AvgIpc) is 2.89. The molecule has 1 N–H and O–H groups in total. The molecule has 2 aromatic carbocycles. The number of fused-ring (bicyclic) bond motifs is 1. The van der Waals surface area contributed by atoms with Crippen LogP contribution < -0.4 is 10.1 Å². The summed E-state index contributed by atoms with van der Waals surface area (Å²) in [6, 6.07) is 15.1. The number of halogens is 1. The molecule has 0 spiro atoms. The molecular weight excluding hydrogens is 282 g/mol. The van der Waals surface area contributed by atoms with E-state index in [0.29, 0.717) is 6.04 Å². The molecule has 0 aliphatic heterocycles. The maximum Gasteiger partial charge on any atom is 0.118 e. The van der Waals surface area contributed by atoms with Crippen molar-refractivity contribution in [2.75, 3.05) is 13.7 Å². The second-order valence-corrected chi connectivity index (χ2v) is 6.01. The second-order valence-electron chi connectivity index (χ2n) is 5.57. The molecule has 0 heterocycles. The van der Waals surface area contributed by atoms with Gasteiger partial charge in [0.05, 0.1) is 7.11 Å². The molecule has 2 nitrogen and oxygen atoms in total. The smallest absolute Gasteiger partial charge is 0.118 e. The first-order valence-corrected chi connectivity index (χ1v) is 7.76. The van der Waals surface area contributed by atoms with Gasteiger partial charge in [-0.3, -0.25) is 0 Å². The number of benzene rings is 2. The van der Waals surface area contributed by atoms with Gasteiger partial charge in [0.15, 0.2) is 0 Å². The Morgan fingerprint density at radius 2 is 1.86 bits per heavy atom. The number of ether oxygens (including phenoxy) is 1. The zero-order chi connectivity index (χ0) is 14.7. The first kappa shape index (κ1) is 14.4. The quantitative estimate of drug-likeness (QED) is 0.910. The van der Waals surface area contributed by atoms with Crippen molar-refractivity contribution in [3.05, 3.63) is 64.2 Å². The molecule has 2 aromatic rings. The molecule has 3 heteroatoms. The maximum atomic E-state index is 6.05. The van der Waals surface area contributed by atoms with Gasteiger partial charge in [0.25, 0.3) is 0 Å². The van der Waals surface area contributed by atoms with Crippen molar-refractivity contribution in [3.8, 4) is 5.75 Å². The van der Waals surface area contributed by atoms with Crippen molar-refractivity contribution in [3.63, 3.8) is 0 Å². The predicted molar refractivity (Wildman–Crippen MR) is 87.3 cm³/mol. The van der Waals surface area contributed by atoms with E-state index in [1.165, 1.54) is 16.7 Å². The van der Waals surface area contributed by atoms with Crippen LogP contribution in [0, 0.1) is 0 Å². The Bertz CT molecular complexity index is 609. The van der Waals surface area contributed by atoms with Gasteiger partial charge in [-0.15, -0.1) is 0 Å². The summed E-state index contributed by atoms with van der Waals surface area (Å²) in [5.41, 5.74) is 4.16. The van der Waals surface area contributed by atoms with Crippen LogP contribution in [0.4, 0.5) is 0 Å². The predicted octanol–water partition coefficient (Wildman–Crippen LogP) is 3.65. The maximum absolute atomic E-state index is 6.05. The Morgan fingerprint density at radius 1 is 1.10 bits per heavy atom. The minimum absolute atomic E-state index is 0.539. The Balaban J connectivity index is 1.48. The number of rotatable bonds is 5. The van der Waals surface area contributed by atoms with E-state index < -0.39 is 0 Å². The molecule has 0 fully saturated rings. The van der Waals surface area contributed by atoms with E-state index in [1.807, 2.05) is 18.2 Å². The van der Waals surface area contributed by atoms with E-state index in [1.54, 1.807) is 7.11 Å². The zero-order valence-electron chi connectivity index (χ0n) is 12.2. The molecule has 0 aromatic heterocycles. The van der Waals surface area contributed by atoms with Gasteiger partial charge in [-0.2, -0.15) is 0 Å². The fourth-order valence-electron chi connectivity index (χ4n) is 2.94. The molecule has 1 unspecified atom stereocenters. The summed E-state index contributed by atoms with van der Waals surface area (Å²) in [7, 11) is 1.70. The van der Waals surface area contributed by atoms with Gasteiger partial charge in [0.2, 0.25) is 0 Å². The topological polar surface area (TPSA) is 21.3 Å². The van der Waals surface area contributed by atoms with Crippen LogP contribution in [0.25, 0.3) is 0 Å². The highest BCUT2D eigenvalue weighted by Crippen LogP contribution is 2.25. The normalized spacial score (nSPS) is 16.8. The molecule has 0 saturated carbocycles. The van der Waals surface area contributed by atoms with Crippen molar-refractivity contribution in [1.82, 2.24) is 5.32 Å². The highest BCUT2D eigenvalue weighted by Gasteiger charge is 2.20. The lowest BCUT2D eigenvalue weighted by molar-refractivity contribution is 0.414. The van der Waals surface area contributed by atoms with Crippen molar-refractivity contribution in [2.24, 2.45) is 0 Å². The highest BCUT2D eigenvalue weighted by atomic mass is 35.5. The van der Waals surface area contributed by atoms with E-state index in [4.69, 9.17) is 16.3 Å². The van der Waals surface area contributed by atoms with Crippen LogP contribution in [0.5, 0.6) is 5.75 Å². The molecule has 1 aliphatic carbocycles. The number of hydrogen-bond acceptors (Lipinski definition) is 2. The molecule has 0 radical (unpaired) electrons. The minimum Gasteiger partial charge on any atom is -0.497 e. The van der Waals surface area contributed by atoms with Gasteiger partial charge in [-0.1, -0.05) is 29.8 Å². The van der Waals surface area contributed by atoms with E-state index in [0.717, 1.165) is 36.6 Å². The van der Waals surface area contributed by atoms with Crippen molar-refractivity contribution in [1.29, 1.82) is 0 Å². The van der Waals surface area contributed by atoms with Crippen molar-refractivity contribution < 1.29 is 4.74 Å². The summed E-state index contributed by atoms with van der Waals surface area (Å²) in [5, 5.41) is 4.49. The SMILES string of the molecule is COc1ccc(CCNC2Cc3ccc(Cl)cc3C2)cc1. The van der Waals surface area contributed by atoms with E-state index in [2.05, 4.69) is 29.6 Å². The van der Waals surface area contributed by atoms with E-state index >= 15 is 0 Å². The Kier molecular flexibility index (Phi) is 4.47. The molecule has 1 atom stereocenters. The van der Waals surface area contributed by atoms with Crippen LogP contribution in [-0.2, 0) is 19.3 Å². The summed E-state index contributed by atoms with van der Waals surface area (Å²) in [6.07, 6.45) is 3.23. The lowest BCUT2D eigenvalue weighted by Gasteiger charge is -2.12. The summed E-state index contributed by atoms with van der Waals surface area (Å²) in [4.78, 5) is 0. The molecule has 110 valence electrons. The van der Waals surface area contributed by atoms with Crippen molar-refractivity contribution >= 4 is 11.6 Å². The van der Waals surface area contributed by atoms with Crippen LogP contribution in [0.1, 0.15) is 16.7 Å². The van der Waals surface area contributed by atoms with Gasteiger partial charge >= 0.3 is 0 Å². The monoisotopic (exact) mass is 301 g/mol. The third-order valence-corrected chi connectivity index (χ3v) is 4.34. The first-order chi connectivity index (χ1) is 10.2. The molecule has 1 aliphatic rings. The molecule has 3 rings (SSSR count). The summed E-state index contributed by atoms with van der Waals surface area (Å²) >= 11 is 6.05. The zero-order valence-corrected chi connectivity index (χ0v) is 13.0. The summed E-state index contributed by atoms with van der Waals surface area (Å²) in [6.45, 7) is 0.999. The third kappa shape index (κ3) is 3.58. The van der Waals surface area contributed by atoms with Gasteiger partial charge < -0.3 is 10.1 Å². The van der Waals surface area contributed by atoms with E-state index in [-0.39, 0.29) is 0 Å². The Morgan fingerprint density at radius 3 is 2.62 bits per heavy atom. The molecule has 21 heavy (non-hydrogen) atoms. The van der Waals surface area contributed by atoms with Crippen molar-refractivity contribution in [2.45, 2.75) is 25.3 Å². The van der Waals surface area contributed by atoms with Gasteiger partial charge in [-0.25, -0.2) is 0 Å². The molecular formula is C18H20ClNO. The minimum atomic E-state index is 0.539. The largest absolute Gasteiger partial charge is 0.497 e. The summed E-state index contributed by atoms with van der Waals surface area (Å²) in [5.74, 6) is 0.912. The number of hydrogen-bond donors (Lipinski definition) is 1.